The summed E-state index contributed by atoms with van der Waals surface area (Å²) < 4.78 is 19.4. The first-order valence-corrected chi connectivity index (χ1v) is 7.62. The first kappa shape index (κ1) is 18.3. The van der Waals surface area contributed by atoms with Gasteiger partial charge < -0.3 is 18.9 Å². The Morgan fingerprint density at radius 3 is 2.08 bits per heavy atom. The van der Waals surface area contributed by atoms with Crippen LogP contribution in [0, 0.1) is 0 Å². The van der Waals surface area contributed by atoms with E-state index in [0.29, 0.717) is 0 Å². The molecule has 0 heterocycles. The molecule has 0 aromatic heterocycles. The van der Waals surface area contributed by atoms with Crippen LogP contribution < -0.4 is 9.47 Å². The van der Waals surface area contributed by atoms with Crippen molar-refractivity contribution < 1.29 is 28.5 Å². The van der Waals surface area contributed by atoms with E-state index in [9.17, 15) is 9.59 Å². The Labute approximate surface area is 146 Å². The van der Waals surface area contributed by atoms with Gasteiger partial charge in [0.1, 0.15) is 17.1 Å². The maximum Gasteiger partial charge on any atom is 0.513 e. The van der Waals surface area contributed by atoms with Crippen LogP contribution in [0.3, 0.4) is 0 Å². The number of rotatable bonds is 5. The monoisotopic (exact) mass is 344 g/mol. The predicted octanol–water partition coefficient (Wildman–Crippen LogP) is 3.78. The van der Waals surface area contributed by atoms with E-state index in [4.69, 9.17) is 14.2 Å². The highest BCUT2D eigenvalue weighted by Crippen LogP contribution is 2.30. The quantitative estimate of drug-likeness (QED) is 0.607. The molecule has 1 atom stereocenters. The van der Waals surface area contributed by atoms with Crippen LogP contribution in [0.4, 0.5) is 4.79 Å². The molecule has 0 N–H and O–H groups in total. The maximum absolute atomic E-state index is 12.0. The normalized spacial score (nSPS) is 11.4. The molecule has 0 aliphatic rings. The van der Waals surface area contributed by atoms with Crippen molar-refractivity contribution in [2.75, 3.05) is 21.3 Å². The van der Waals surface area contributed by atoms with Gasteiger partial charge in [0.25, 0.3) is 0 Å². The summed E-state index contributed by atoms with van der Waals surface area (Å²) in [7, 11) is 4.07. The zero-order chi connectivity index (χ0) is 18.4. The average Bonchev–Trinajstić information content (AvgIpc) is 2.67. The lowest BCUT2D eigenvalue weighted by Crippen LogP contribution is -2.12. The van der Waals surface area contributed by atoms with Gasteiger partial charge in [-0.05, 0) is 35.4 Å². The summed E-state index contributed by atoms with van der Waals surface area (Å²) in [6.07, 6.45) is -0.902. The van der Waals surface area contributed by atoms with Gasteiger partial charge in [0.05, 0.1) is 21.3 Å². The van der Waals surface area contributed by atoms with Crippen LogP contribution in [0.2, 0.25) is 0 Å². The van der Waals surface area contributed by atoms with Gasteiger partial charge >= 0.3 is 12.1 Å². The van der Waals surface area contributed by atoms with Crippen molar-refractivity contribution in [1.82, 2.24) is 0 Å². The van der Waals surface area contributed by atoms with Gasteiger partial charge in [0, 0.05) is 5.92 Å². The Kier molecular flexibility index (Phi) is 6.00. The Balaban J connectivity index is 2.37. The molecule has 0 radical (unpaired) electrons. The molecule has 0 bridgehead atoms. The summed E-state index contributed by atoms with van der Waals surface area (Å²) in [5.41, 5.74) is 2.09. The summed E-state index contributed by atoms with van der Waals surface area (Å²) in [6.45, 7) is 2.01. The fourth-order valence-corrected chi connectivity index (χ4v) is 2.39. The summed E-state index contributed by atoms with van der Waals surface area (Å²) in [6, 6.07) is 12.7. The first-order valence-electron chi connectivity index (χ1n) is 7.62. The molecule has 132 valence electrons. The number of carbonyl (C=O) groups excluding carboxylic acids is 2. The van der Waals surface area contributed by atoms with E-state index in [1.807, 2.05) is 31.2 Å². The van der Waals surface area contributed by atoms with Crippen LogP contribution in [0.15, 0.2) is 42.5 Å². The van der Waals surface area contributed by atoms with Crippen LogP contribution in [0.1, 0.15) is 34.3 Å². The number of ether oxygens (including phenoxy) is 4. The fourth-order valence-electron chi connectivity index (χ4n) is 2.39. The zero-order valence-corrected chi connectivity index (χ0v) is 14.6. The fraction of sp³-hybridized carbons (Fsp3) is 0.263. The summed E-state index contributed by atoms with van der Waals surface area (Å²) in [5.74, 6) is 0.279. The average molecular weight is 344 g/mol. The van der Waals surface area contributed by atoms with Gasteiger partial charge in [0.2, 0.25) is 0 Å². The van der Waals surface area contributed by atoms with Crippen LogP contribution in [0.5, 0.6) is 11.5 Å². The molecular formula is C19H20O6. The van der Waals surface area contributed by atoms with E-state index < -0.39 is 12.1 Å². The smallest absolute Gasteiger partial charge is 0.497 e. The standard InChI is InChI=1S/C19H20O6/c1-12(13-5-8-15(22-2)9-6-13)14-7-10-17(25-19(21)24-4)16(11-14)18(20)23-3/h5-12H,1-4H3/t12-/m1/s1. The molecule has 0 saturated heterocycles. The highest BCUT2D eigenvalue weighted by Gasteiger charge is 2.19. The van der Waals surface area contributed by atoms with Crippen molar-refractivity contribution in [3.05, 3.63) is 59.2 Å². The number of carbonyl (C=O) groups is 2. The van der Waals surface area contributed by atoms with Crippen LogP contribution in [0.25, 0.3) is 0 Å². The number of hydrogen-bond donors (Lipinski definition) is 0. The molecule has 2 aromatic carbocycles. The predicted molar refractivity (Wildman–Crippen MR) is 91.3 cm³/mol. The number of methoxy groups -OCH3 is 3. The topological polar surface area (TPSA) is 71.1 Å². The molecule has 0 fully saturated rings. The Morgan fingerprint density at radius 1 is 0.880 bits per heavy atom. The first-order chi connectivity index (χ1) is 12.0. The third-order valence-electron chi connectivity index (χ3n) is 3.88. The van der Waals surface area contributed by atoms with E-state index in [2.05, 4.69) is 4.74 Å². The Hall–Kier alpha value is -3.02. The van der Waals surface area contributed by atoms with E-state index in [1.165, 1.54) is 14.2 Å². The highest BCUT2D eigenvalue weighted by molar-refractivity contribution is 5.93. The molecule has 6 heteroatoms. The maximum atomic E-state index is 12.0. The van der Waals surface area contributed by atoms with Gasteiger partial charge in [0.15, 0.2) is 0 Å². The van der Waals surface area contributed by atoms with E-state index in [1.54, 1.807) is 25.3 Å². The molecule has 0 amide bonds. The summed E-state index contributed by atoms with van der Waals surface area (Å²) in [5, 5.41) is 0. The number of benzene rings is 2. The second-order valence-electron chi connectivity index (χ2n) is 5.30. The molecule has 6 nitrogen and oxygen atoms in total. The Morgan fingerprint density at radius 2 is 1.52 bits per heavy atom. The van der Waals surface area contributed by atoms with Crippen molar-refractivity contribution in [2.45, 2.75) is 12.8 Å². The number of hydrogen-bond acceptors (Lipinski definition) is 6. The Bertz CT molecular complexity index is 751. The lowest BCUT2D eigenvalue weighted by atomic mass is 9.92. The van der Waals surface area contributed by atoms with E-state index in [0.717, 1.165) is 16.9 Å². The minimum atomic E-state index is -0.902. The van der Waals surface area contributed by atoms with Gasteiger partial charge in [-0.15, -0.1) is 0 Å². The van der Waals surface area contributed by atoms with E-state index in [-0.39, 0.29) is 17.2 Å². The summed E-state index contributed by atoms with van der Waals surface area (Å²) >= 11 is 0. The van der Waals surface area contributed by atoms with Crippen LogP contribution in [-0.4, -0.2) is 33.5 Å². The van der Waals surface area contributed by atoms with Crippen molar-refractivity contribution in [2.24, 2.45) is 0 Å². The number of esters is 1. The minimum absolute atomic E-state index is 0.0153. The lowest BCUT2D eigenvalue weighted by molar-refractivity contribution is 0.0595. The van der Waals surface area contributed by atoms with Crippen molar-refractivity contribution >= 4 is 12.1 Å². The molecule has 25 heavy (non-hydrogen) atoms. The van der Waals surface area contributed by atoms with Crippen molar-refractivity contribution in [3.8, 4) is 11.5 Å². The van der Waals surface area contributed by atoms with Gasteiger partial charge in [-0.1, -0.05) is 25.1 Å². The zero-order valence-electron chi connectivity index (χ0n) is 14.6. The minimum Gasteiger partial charge on any atom is -0.497 e. The van der Waals surface area contributed by atoms with Crippen LogP contribution >= 0.6 is 0 Å². The summed E-state index contributed by atoms with van der Waals surface area (Å²) in [4.78, 5) is 23.4. The largest absolute Gasteiger partial charge is 0.513 e. The molecule has 0 spiro atoms. The van der Waals surface area contributed by atoms with Crippen molar-refractivity contribution in [1.29, 1.82) is 0 Å². The van der Waals surface area contributed by atoms with Gasteiger partial charge in [-0.25, -0.2) is 9.59 Å². The highest BCUT2D eigenvalue weighted by atomic mass is 16.7. The van der Waals surface area contributed by atoms with Gasteiger partial charge in [-0.2, -0.15) is 0 Å². The lowest BCUT2D eigenvalue weighted by Gasteiger charge is -2.15. The third-order valence-corrected chi connectivity index (χ3v) is 3.88. The van der Waals surface area contributed by atoms with Crippen molar-refractivity contribution in [3.63, 3.8) is 0 Å². The van der Waals surface area contributed by atoms with Crippen LogP contribution in [-0.2, 0) is 9.47 Å². The molecule has 0 unspecified atom stereocenters. The molecule has 0 saturated carbocycles. The van der Waals surface area contributed by atoms with E-state index >= 15 is 0 Å². The third kappa shape index (κ3) is 4.29. The molecule has 0 aliphatic carbocycles. The molecule has 0 aliphatic heterocycles. The second kappa shape index (κ2) is 8.19. The SMILES string of the molecule is COC(=O)Oc1ccc([C@H](C)c2ccc(OC)cc2)cc1C(=O)OC. The molecular weight excluding hydrogens is 324 g/mol. The molecule has 2 rings (SSSR count). The molecule has 2 aromatic rings. The van der Waals surface area contributed by atoms with Gasteiger partial charge in [-0.3, -0.25) is 0 Å². The second-order valence-corrected chi connectivity index (χ2v) is 5.30.